The highest BCUT2D eigenvalue weighted by Gasteiger charge is 2.35. The smallest absolute Gasteiger partial charge is 0.417 e. The predicted molar refractivity (Wildman–Crippen MR) is 92.6 cm³/mol. The SMILES string of the molecule is COC(=O)[C@@H](Cc1ccc(Br)cc1)NC(=O)c1ccccc1C(F)(F)F. The summed E-state index contributed by atoms with van der Waals surface area (Å²) < 4.78 is 44.7. The summed E-state index contributed by atoms with van der Waals surface area (Å²) in [5.41, 5.74) is -0.900. The minimum absolute atomic E-state index is 0.0832. The zero-order valence-electron chi connectivity index (χ0n) is 13.6. The molecule has 2 aromatic rings. The van der Waals surface area contributed by atoms with E-state index in [9.17, 15) is 22.8 Å². The van der Waals surface area contributed by atoms with E-state index in [1.807, 2.05) is 0 Å². The van der Waals surface area contributed by atoms with Gasteiger partial charge in [0.15, 0.2) is 0 Å². The van der Waals surface area contributed by atoms with Gasteiger partial charge in [-0.1, -0.05) is 40.2 Å². The van der Waals surface area contributed by atoms with E-state index in [0.717, 1.165) is 23.7 Å². The van der Waals surface area contributed by atoms with Gasteiger partial charge in [0, 0.05) is 10.9 Å². The number of rotatable bonds is 5. The van der Waals surface area contributed by atoms with E-state index in [1.165, 1.54) is 12.1 Å². The van der Waals surface area contributed by atoms with Crippen LogP contribution in [0, 0.1) is 0 Å². The Labute approximate surface area is 156 Å². The number of halogens is 4. The van der Waals surface area contributed by atoms with Gasteiger partial charge in [-0.05, 0) is 29.8 Å². The van der Waals surface area contributed by atoms with Crippen molar-refractivity contribution in [3.63, 3.8) is 0 Å². The van der Waals surface area contributed by atoms with Crippen LogP contribution in [-0.2, 0) is 22.1 Å². The van der Waals surface area contributed by atoms with E-state index in [0.29, 0.717) is 5.56 Å². The zero-order valence-corrected chi connectivity index (χ0v) is 15.2. The van der Waals surface area contributed by atoms with Gasteiger partial charge >= 0.3 is 12.1 Å². The molecule has 0 saturated carbocycles. The monoisotopic (exact) mass is 429 g/mol. The van der Waals surface area contributed by atoms with E-state index in [4.69, 9.17) is 0 Å². The molecule has 0 heterocycles. The van der Waals surface area contributed by atoms with Gasteiger partial charge in [-0.15, -0.1) is 0 Å². The molecule has 0 aliphatic heterocycles. The molecule has 2 aromatic carbocycles. The summed E-state index contributed by atoms with van der Waals surface area (Å²) in [6, 6.07) is 10.3. The second kappa shape index (κ2) is 8.35. The largest absolute Gasteiger partial charge is 0.467 e. The summed E-state index contributed by atoms with van der Waals surface area (Å²) in [5.74, 6) is -1.74. The highest BCUT2D eigenvalue weighted by Crippen LogP contribution is 2.31. The van der Waals surface area contributed by atoms with Gasteiger partial charge in [-0.3, -0.25) is 4.79 Å². The fourth-order valence-electron chi connectivity index (χ4n) is 2.36. The number of carbonyl (C=O) groups excluding carboxylic acids is 2. The molecule has 1 atom stereocenters. The van der Waals surface area contributed by atoms with Gasteiger partial charge in [-0.25, -0.2) is 4.79 Å². The lowest BCUT2D eigenvalue weighted by Gasteiger charge is -2.18. The molecule has 2 rings (SSSR count). The Morgan fingerprint density at radius 1 is 1.12 bits per heavy atom. The van der Waals surface area contributed by atoms with Crippen molar-refractivity contribution >= 4 is 27.8 Å². The molecule has 0 fully saturated rings. The van der Waals surface area contributed by atoms with Crippen LogP contribution >= 0.6 is 15.9 Å². The van der Waals surface area contributed by atoms with Crippen LogP contribution in [0.1, 0.15) is 21.5 Å². The summed E-state index contributed by atoms with van der Waals surface area (Å²) in [7, 11) is 1.15. The van der Waals surface area contributed by atoms with E-state index >= 15 is 0 Å². The highest BCUT2D eigenvalue weighted by molar-refractivity contribution is 9.10. The molecule has 0 aromatic heterocycles. The van der Waals surface area contributed by atoms with Crippen molar-refractivity contribution in [3.05, 3.63) is 69.7 Å². The molecule has 0 spiro atoms. The quantitative estimate of drug-likeness (QED) is 0.731. The standard InChI is InChI=1S/C18H15BrF3NO3/c1-26-17(25)15(10-11-6-8-12(19)9-7-11)23-16(24)13-4-2-3-5-14(13)18(20,21)22/h2-9,15H,10H2,1H3,(H,23,24)/t15-/m1/s1. The summed E-state index contributed by atoms with van der Waals surface area (Å²) in [5, 5.41) is 2.33. The number of methoxy groups -OCH3 is 1. The van der Waals surface area contributed by atoms with E-state index in [1.54, 1.807) is 24.3 Å². The number of benzene rings is 2. The highest BCUT2D eigenvalue weighted by atomic mass is 79.9. The Morgan fingerprint density at radius 2 is 1.73 bits per heavy atom. The van der Waals surface area contributed by atoms with Crippen molar-refractivity contribution in [2.24, 2.45) is 0 Å². The van der Waals surface area contributed by atoms with Crippen LogP contribution in [0.3, 0.4) is 0 Å². The first-order valence-electron chi connectivity index (χ1n) is 7.51. The molecule has 8 heteroatoms. The summed E-state index contributed by atoms with van der Waals surface area (Å²) in [4.78, 5) is 24.3. The van der Waals surface area contributed by atoms with Gasteiger partial charge < -0.3 is 10.1 Å². The molecule has 1 N–H and O–H groups in total. The van der Waals surface area contributed by atoms with Crippen molar-refractivity contribution in [2.75, 3.05) is 7.11 Å². The number of hydrogen-bond donors (Lipinski definition) is 1. The minimum Gasteiger partial charge on any atom is -0.467 e. The molecule has 0 aliphatic carbocycles. The lowest BCUT2D eigenvalue weighted by Crippen LogP contribution is -2.43. The first-order chi connectivity index (χ1) is 12.2. The van der Waals surface area contributed by atoms with Gasteiger partial charge in [0.25, 0.3) is 5.91 Å². The van der Waals surface area contributed by atoms with Gasteiger partial charge in [-0.2, -0.15) is 13.2 Å². The number of carbonyl (C=O) groups is 2. The van der Waals surface area contributed by atoms with Gasteiger partial charge in [0.05, 0.1) is 18.2 Å². The molecule has 26 heavy (non-hydrogen) atoms. The van der Waals surface area contributed by atoms with Crippen LogP contribution in [0.15, 0.2) is 53.0 Å². The number of ether oxygens (including phenoxy) is 1. The first kappa shape index (κ1) is 20.0. The molecule has 4 nitrogen and oxygen atoms in total. The van der Waals surface area contributed by atoms with Gasteiger partial charge in [0.2, 0.25) is 0 Å². The number of hydrogen-bond acceptors (Lipinski definition) is 3. The van der Waals surface area contributed by atoms with Crippen LogP contribution in [-0.4, -0.2) is 25.0 Å². The minimum atomic E-state index is -4.68. The van der Waals surface area contributed by atoms with Crippen LogP contribution in [0.4, 0.5) is 13.2 Å². The lowest BCUT2D eigenvalue weighted by atomic mass is 10.0. The topological polar surface area (TPSA) is 55.4 Å². The number of amides is 1. The Kier molecular flexibility index (Phi) is 6.42. The third-order valence-corrected chi connectivity index (χ3v) is 4.15. The Balaban J connectivity index is 2.25. The number of nitrogens with one attached hydrogen (secondary N) is 1. The summed E-state index contributed by atoms with van der Waals surface area (Å²) in [6.07, 6.45) is -4.60. The fraction of sp³-hybridized carbons (Fsp3) is 0.222. The molecule has 0 aliphatic rings. The van der Waals surface area contributed by atoms with Crippen molar-refractivity contribution in [2.45, 2.75) is 18.6 Å². The molecule has 0 bridgehead atoms. The molecule has 1 amide bonds. The number of alkyl halides is 3. The van der Waals surface area contributed by atoms with E-state index in [-0.39, 0.29) is 6.42 Å². The predicted octanol–water partition coefficient (Wildman–Crippen LogP) is 3.98. The molecule has 0 unspecified atom stereocenters. The van der Waals surface area contributed by atoms with Gasteiger partial charge in [0.1, 0.15) is 6.04 Å². The van der Waals surface area contributed by atoms with Crippen molar-refractivity contribution in [3.8, 4) is 0 Å². The summed E-state index contributed by atoms with van der Waals surface area (Å²) in [6.45, 7) is 0. The van der Waals surface area contributed by atoms with Crippen molar-refractivity contribution in [1.82, 2.24) is 5.32 Å². The summed E-state index contributed by atoms with van der Waals surface area (Å²) >= 11 is 3.28. The van der Waals surface area contributed by atoms with Crippen LogP contribution < -0.4 is 5.32 Å². The Hall–Kier alpha value is -2.35. The average molecular weight is 430 g/mol. The molecular weight excluding hydrogens is 415 g/mol. The molecule has 0 radical (unpaired) electrons. The maximum Gasteiger partial charge on any atom is 0.417 e. The van der Waals surface area contributed by atoms with Crippen LogP contribution in [0.25, 0.3) is 0 Å². The molecule has 138 valence electrons. The first-order valence-corrected chi connectivity index (χ1v) is 8.31. The lowest BCUT2D eigenvalue weighted by molar-refractivity contribution is -0.142. The maximum absolute atomic E-state index is 13.1. The normalized spacial score (nSPS) is 12.3. The Bertz CT molecular complexity index is 791. The molecule has 0 saturated heterocycles. The maximum atomic E-state index is 13.1. The van der Waals surface area contributed by atoms with Crippen molar-refractivity contribution < 1.29 is 27.5 Å². The second-order valence-electron chi connectivity index (χ2n) is 5.42. The van der Waals surface area contributed by atoms with Crippen molar-refractivity contribution in [1.29, 1.82) is 0 Å². The number of esters is 1. The third-order valence-electron chi connectivity index (χ3n) is 3.62. The Morgan fingerprint density at radius 3 is 2.31 bits per heavy atom. The van der Waals surface area contributed by atoms with E-state index in [2.05, 4.69) is 26.0 Å². The second-order valence-corrected chi connectivity index (χ2v) is 6.34. The van der Waals surface area contributed by atoms with Crippen LogP contribution in [0.5, 0.6) is 0 Å². The zero-order chi connectivity index (χ0) is 19.3. The van der Waals surface area contributed by atoms with E-state index < -0.39 is 35.2 Å². The van der Waals surface area contributed by atoms with Crippen LogP contribution in [0.2, 0.25) is 0 Å². The average Bonchev–Trinajstić information content (AvgIpc) is 2.61. The molecular formula is C18H15BrF3NO3. The fourth-order valence-corrected chi connectivity index (χ4v) is 2.62. The third kappa shape index (κ3) is 5.08.